The molecule has 0 aromatic rings. The van der Waals surface area contributed by atoms with Crippen molar-refractivity contribution in [3.8, 4) is 0 Å². The summed E-state index contributed by atoms with van der Waals surface area (Å²) in [7, 11) is 0. The smallest absolute Gasteiger partial charge is 0.323 e. The minimum atomic E-state index is -0.911. The molecule has 16 heavy (non-hydrogen) atoms. The van der Waals surface area contributed by atoms with Crippen LogP contribution in [0.1, 0.15) is 20.3 Å². The molecule has 0 aromatic carbocycles. The van der Waals surface area contributed by atoms with Gasteiger partial charge in [-0.3, -0.25) is 4.79 Å². The Morgan fingerprint density at radius 1 is 1.56 bits per heavy atom. The standard InChI is InChI=1S/C10H21NO4S/c1-3-11-10(2,9(14)15)4-5-16-7-8(13)6-12/h8,11-13H,3-7H2,1-2H3,(H,14,15). The zero-order chi connectivity index (χ0) is 12.6. The number of nitrogens with one attached hydrogen (secondary N) is 1. The van der Waals surface area contributed by atoms with Gasteiger partial charge in [0.05, 0.1) is 12.7 Å². The minimum absolute atomic E-state index is 0.254. The summed E-state index contributed by atoms with van der Waals surface area (Å²) in [6.07, 6.45) is -0.237. The number of carboxylic acid groups (broad SMARTS) is 1. The molecule has 6 heteroatoms. The third-order valence-electron chi connectivity index (χ3n) is 2.31. The molecule has 5 nitrogen and oxygen atoms in total. The van der Waals surface area contributed by atoms with Gasteiger partial charge in [0.2, 0.25) is 0 Å². The predicted molar refractivity (Wildman–Crippen MR) is 64.8 cm³/mol. The molecule has 0 aliphatic heterocycles. The lowest BCUT2D eigenvalue weighted by atomic mass is 9.99. The van der Waals surface area contributed by atoms with Crippen molar-refractivity contribution in [3.05, 3.63) is 0 Å². The fraction of sp³-hybridized carbons (Fsp3) is 0.900. The zero-order valence-corrected chi connectivity index (χ0v) is 10.6. The van der Waals surface area contributed by atoms with E-state index in [4.69, 9.17) is 15.3 Å². The molecular weight excluding hydrogens is 230 g/mol. The molecule has 0 spiro atoms. The normalized spacial score (nSPS) is 16.8. The van der Waals surface area contributed by atoms with E-state index >= 15 is 0 Å². The van der Waals surface area contributed by atoms with E-state index in [9.17, 15) is 4.79 Å². The molecule has 0 saturated heterocycles. The van der Waals surface area contributed by atoms with Crippen LogP contribution in [0.4, 0.5) is 0 Å². The van der Waals surface area contributed by atoms with Gasteiger partial charge in [0, 0.05) is 5.75 Å². The number of aliphatic hydroxyl groups is 2. The van der Waals surface area contributed by atoms with Crippen LogP contribution in [-0.2, 0) is 4.79 Å². The second-order valence-electron chi connectivity index (χ2n) is 3.83. The highest BCUT2D eigenvalue weighted by Gasteiger charge is 2.31. The summed E-state index contributed by atoms with van der Waals surface area (Å²) in [5.41, 5.74) is -0.911. The van der Waals surface area contributed by atoms with Gasteiger partial charge in [0.15, 0.2) is 0 Å². The highest BCUT2D eigenvalue weighted by atomic mass is 32.2. The molecule has 0 amide bonds. The molecular formula is C10H21NO4S. The molecule has 96 valence electrons. The Labute approximate surface area is 100 Å². The molecule has 0 saturated carbocycles. The number of hydrogen-bond donors (Lipinski definition) is 4. The SMILES string of the molecule is CCNC(C)(CCSCC(O)CO)C(=O)O. The van der Waals surface area contributed by atoms with Crippen LogP contribution < -0.4 is 5.32 Å². The first kappa shape index (κ1) is 15.7. The number of carboxylic acids is 1. The summed E-state index contributed by atoms with van der Waals surface area (Å²) in [5.74, 6) is 0.197. The Morgan fingerprint density at radius 2 is 2.19 bits per heavy atom. The molecule has 0 aliphatic rings. The van der Waals surface area contributed by atoms with Crippen molar-refractivity contribution in [1.82, 2.24) is 5.32 Å². The molecule has 0 aromatic heterocycles. The third-order valence-corrected chi connectivity index (χ3v) is 3.42. The summed E-state index contributed by atoms with van der Waals surface area (Å²) < 4.78 is 0. The van der Waals surface area contributed by atoms with E-state index in [1.54, 1.807) is 6.92 Å². The van der Waals surface area contributed by atoms with E-state index in [0.29, 0.717) is 24.5 Å². The Morgan fingerprint density at radius 3 is 2.62 bits per heavy atom. The van der Waals surface area contributed by atoms with Crippen LogP contribution in [0.15, 0.2) is 0 Å². The summed E-state index contributed by atoms with van der Waals surface area (Å²) >= 11 is 1.44. The van der Waals surface area contributed by atoms with Crippen LogP contribution in [0.25, 0.3) is 0 Å². The summed E-state index contributed by atoms with van der Waals surface area (Å²) in [6, 6.07) is 0. The molecule has 0 rings (SSSR count). The molecule has 2 atom stereocenters. The molecule has 0 aliphatic carbocycles. The number of rotatable bonds is 9. The van der Waals surface area contributed by atoms with Gasteiger partial charge < -0.3 is 20.6 Å². The summed E-state index contributed by atoms with van der Waals surface area (Å²) in [6.45, 7) is 3.87. The average Bonchev–Trinajstić information content (AvgIpc) is 2.24. The third kappa shape index (κ3) is 5.69. The molecule has 0 bridgehead atoms. The fourth-order valence-electron chi connectivity index (χ4n) is 1.21. The maximum atomic E-state index is 11.0. The van der Waals surface area contributed by atoms with Crippen molar-refractivity contribution in [2.45, 2.75) is 31.9 Å². The van der Waals surface area contributed by atoms with Crippen LogP contribution in [0.3, 0.4) is 0 Å². The monoisotopic (exact) mass is 251 g/mol. The maximum Gasteiger partial charge on any atom is 0.323 e. The molecule has 0 heterocycles. The predicted octanol–water partition coefficient (Wildman–Crippen LogP) is -0.0843. The Kier molecular flexibility index (Phi) is 7.74. The van der Waals surface area contributed by atoms with Crippen molar-refractivity contribution >= 4 is 17.7 Å². The number of aliphatic carboxylic acids is 1. The lowest BCUT2D eigenvalue weighted by Gasteiger charge is -2.25. The van der Waals surface area contributed by atoms with Crippen LogP contribution >= 0.6 is 11.8 Å². The Bertz CT molecular complexity index is 215. The lowest BCUT2D eigenvalue weighted by Crippen LogP contribution is -2.49. The molecule has 2 unspecified atom stereocenters. The van der Waals surface area contributed by atoms with Crippen molar-refractivity contribution in [2.24, 2.45) is 0 Å². The molecule has 0 radical (unpaired) electrons. The fourth-order valence-corrected chi connectivity index (χ4v) is 2.31. The van der Waals surface area contributed by atoms with Crippen molar-refractivity contribution < 1.29 is 20.1 Å². The number of hydrogen-bond acceptors (Lipinski definition) is 5. The summed E-state index contributed by atoms with van der Waals surface area (Å²) in [5, 5.41) is 29.7. The van der Waals surface area contributed by atoms with Gasteiger partial charge >= 0.3 is 5.97 Å². The van der Waals surface area contributed by atoms with Gasteiger partial charge in [0.25, 0.3) is 0 Å². The van der Waals surface area contributed by atoms with Crippen molar-refractivity contribution in [3.63, 3.8) is 0 Å². The molecule has 0 fully saturated rings. The number of likely N-dealkylation sites (N-methyl/N-ethyl adjacent to an activating group) is 1. The van der Waals surface area contributed by atoms with Crippen LogP contribution in [0.5, 0.6) is 0 Å². The van der Waals surface area contributed by atoms with E-state index < -0.39 is 17.6 Å². The van der Waals surface area contributed by atoms with Gasteiger partial charge in [-0.25, -0.2) is 0 Å². The van der Waals surface area contributed by atoms with Gasteiger partial charge in [-0.2, -0.15) is 11.8 Å². The lowest BCUT2D eigenvalue weighted by molar-refractivity contribution is -0.144. The first-order valence-electron chi connectivity index (χ1n) is 5.31. The quantitative estimate of drug-likeness (QED) is 0.428. The van der Waals surface area contributed by atoms with Gasteiger partial charge in [-0.1, -0.05) is 6.92 Å². The zero-order valence-electron chi connectivity index (χ0n) is 9.77. The van der Waals surface area contributed by atoms with E-state index in [1.165, 1.54) is 11.8 Å². The highest BCUT2D eigenvalue weighted by molar-refractivity contribution is 7.99. The number of thioether (sulfide) groups is 1. The van der Waals surface area contributed by atoms with Gasteiger partial charge in [-0.05, 0) is 25.6 Å². The van der Waals surface area contributed by atoms with Crippen LogP contribution in [0.2, 0.25) is 0 Å². The Hall–Kier alpha value is -0.300. The average molecular weight is 251 g/mol. The maximum absolute atomic E-state index is 11.0. The number of carbonyl (C=O) groups is 1. The largest absolute Gasteiger partial charge is 0.480 e. The van der Waals surface area contributed by atoms with Crippen molar-refractivity contribution in [1.29, 1.82) is 0 Å². The topological polar surface area (TPSA) is 89.8 Å². The van der Waals surface area contributed by atoms with E-state index in [-0.39, 0.29) is 6.61 Å². The van der Waals surface area contributed by atoms with Gasteiger partial charge in [0.1, 0.15) is 5.54 Å². The highest BCUT2D eigenvalue weighted by Crippen LogP contribution is 2.15. The van der Waals surface area contributed by atoms with Crippen molar-refractivity contribution in [2.75, 3.05) is 24.7 Å². The Balaban J connectivity index is 3.90. The summed E-state index contributed by atoms with van der Waals surface area (Å²) in [4.78, 5) is 11.0. The number of aliphatic hydroxyl groups excluding tert-OH is 2. The minimum Gasteiger partial charge on any atom is -0.480 e. The molecule has 4 N–H and O–H groups in total. The van der Waals surface area contributed by atoms with E-state index in [0.717, 1.165) is 0 Å². The van der Waals surface area contributed by atoms with E-state index in [1.807, 2.05) is 6.92 Å². The second-order valence-corrected chi connectivity index (χ2v) is 4.98. The van der Waals surface area contributed by atoms with Crippen LogP contribution in [-0.4, -0.2) is 57.6 Å². The van der Waals surface area contributed by atoms with E-state index in [2.05, 4.69) is 5.32 Å². The van der Waals surface area contributed by atoms with Gasteiger partial charge in [-0.15, -0.1) is 0 Å². The first-order valence-corrected chi connectivity index (χ1v) is 6.46. The first-order chi connectivity index (χ1) is 7.46. The second kappa shape index (κ2) is 7.89. The van der Waals surface area contributed by atoms with Crippen LogP contribution in [0, 0.1) is 0 Å².